The van der Waals surface area contributed by atoms with E-state index in [2.05, 4.69) is 68.6 Å². The average Bonchev–Trinajstić information content (AvgIpc) is 3.46. The van der Waals surface area contributed by atoms with Crippen molar-refractivity contribution in [3.8, 4) is 0 Å². The summed E-state index contributed by atoms with van der Waals surface area (Å²) in [5.74, 6) is -1.20. The van der Waals surface area contributed by atoms with Crippen molar-refractivity contribution in [2.24, 2.45) is 0 Å². The summed E-state index contributed by atoms with van der Waals surface area (Å²) in [6.45, 7) is 5.68. The zero-order valence-electron chi connectivity index (χ0n) is 52.4. The highest BCUT2D eigenvalue weighted by atomic mass is 16.7. The molecular formula is C70H127NO10. The number of esters is 1. The molecule has 0 aromatic rings. The second-order valence-corrected chi connectivity index (χ2v) is 23.6. The maximum Gasteiger partial charge on any atom is 0.306 e. The standard InChI is InChI=1S/C70H127NO10/c1-4-7-10-13-16-19-22-25-27-28-29-30-31-32-33-34-35-36-37-40-43-46-49-52-55-58-65(75)81-68-67(77)66(76)64(59-72)80-70(68)79-60-61(62(73)56-53-50-47-44-41-38-24-21-18-15-12-9-6-3)71-69(78)63(74)57-54-51-48-45-42-39-26-23-20-17-14-11-8-5-2/h8,11,14,17,20,23,25,27,53,56,61-64,66-68,70,72-74,76-77H,4-7,9-10,12-13,15-16,18-19,21-22,24,26,28-52,54-55,57-60H2,1-3H3,(H,71,78)/b11-8+,17-14+,23-20+,27-25+,56-53+. The van der Waals surface area contributed by atoms with Gasteiger partial charge < -0.3 is 45.1 Å². The number of unbranched alkanes of at least 4 members (excludes halogenated alkanes) is 38. The van der Waals surface area contributed by atoms with Crippen LogP contribution in [0.2, 0.25) is 0 Å². The predicted octanol–water partition coefficient (Wildman–Crippen LogP) is 17.0. The fraction of sp³-hybridized carbons (Fsp3) is 0.829. The van der Waals surface area contributed by atoms with Gasteiger partial charge in [0.25, 0.3) is 0 Å². The monoisotopic (exact) mass is 1140 g/mol. The summed E-state index contributed by atoms with van der Waals surface area (Å²) in [5.41, 5.74) is 0. The summed E-state index contributed by atoms with van der Waals surface area (Å²) < 4.78 is 17.7. The van der Waals surface area contributed by atoms with Crippen LogP contribution in [0.1, 0.15) is 310 Å². The number of nitrogens with one attached hydrogen (secondary N) is 1. The fourth-order valence-corrected chi connectivity index (χ4v) is 10.6. The molecule has 0 aromatic heterocycles. The Morgan fingerprint density at radius 2 is 0.901 bits per heavy atom. The summed E-state index contributed by atoms with van der Waals surface area (Å²) >= 11 is 0. The van der Waals surface area contributed by atoms with Gasteiger partial charge in [-0.1, -0.05) is 293 Å². The zero-order chi connectivity index (χ0) is 58.9. The van der Waals surface area contributed by atoms with E-state index in [9.17, 15) is 35.1 Å². The van der Waals surface area contributed by atoms with E-state index in [1.54, 1.807) is 6.08 Å². The molecule has 472 valence electrons. The third-order valence-corrected chi connectivity index (χ3v) is 16.0. The van der Waals surface area contributed by atoms with Crippen LogP contribution in [0.25, 0.3) is 0 Å². The molecule has 11 nitrogen and oxygen atoms in total. The van der Waals surface area contributed by atoms with Gasteiger partial charge in [0.2, 0.25) is 5.91 Å². The minimum atomic E-state index is -1.62. The highest BCUT2D eigenvalue weighted by Gasteiger charge is 2.47. The van der Waals surface area contributed by atoms with Crippen molar-refractivity contribution in [1.29, 1.82) is 0 Å². The van der Waals surface area contributed by atoms with Crippen LogP contribution in [-0.2, 0) is 23.8 Å². The van der Waals surface area contributed by atoms with Crippen LogP contribution >= 0.6 is 0 Å². The van der Waals surface area contributed by atoms with Crippen LogP contribution in [0.5, 0.6) is 0 Å². The average molecular weight is 1140 g/mol. The second-order valence-electron chi connectivity index (χ2n) is 23.6. The van der Waals surface area contributed by atoms with Crippen LogP contribution in [0.4, 0.5) is 0 Å². The Morgan fingerprint density at radius 3 is 1.36 bits per heavy atom. The Balaban J connectivity index is 2.57. The molecule has 1 heterocycles. The molecule has 1 aliphatic heterocycles. The Kier molecular flexibility index (Phi) is 54.5. The van der Waals surface area contributed by atoms with E-state index in [0.29, 0.717) is 12.8 Å². The summed E-state index contributed by atoms with van der Waals surface area (Å²) in [4.78, 5) is 26.6. The molecule has 8 unspecified atom stereocenters. The maximum absolute atomic E-state index is 13.4. The van der Waals surface area contributed by atoms with Gasteiger partial charge in [-0.2, -0.15) is 0 Å². The van der Waals surface area contributed by atoms with Gasteiger partial charge in [0.05, 0.1) is 25.4 Å². The number of aliphatic hydroxyl groups excluding tert-OH is 5. The Hall–Kier alpha value is -2.64. The van der Waals surface area contributed by atoms with E-state index in [1.807, 2.05) is 12.2 Å². The summed E-state index contributed by atoms with van der Waals surface area (Å²) in [5, 5.41) is 57.1. The van der Waals surface area contributed by atoms with Gasteiger partial charge in [0, 0.05) is 6.42 Å². The van der Waals surface area contributed by atoms with Crippen LogP contribution in [0.3, 0.4) is 0 Å². The van der Waals surface area contributed by atoms with Gasteiger partial charge in [-0.15, -0.1) is 0 Å². The Bertz CT molecular complexity index is 1550. The van der Waals surface area contributed by atoms with E-state index in [0.717, 1.165) is 83.5 Å². The molecule has 6 N–H and O–H groups in total. The first-order valence-electron chi connectivity index (χ1n) is 34.1. The van der Waals surface area contributed by atoms with Crippen molar-refractivity contribution in [2.75, 3.05) is 13.2 Å². The van der Waals surface area contributed by atoms with E-state index in [4.69, 9.17) is 14.2 Å². The number of aliphatic hydroxyl groups is 5. The SMILES string of the molecule is CC/C=C/C=C/C=C/CCCCCCCCC(O)C(=O)NC(COC1OC(CO)C(O)C(O)C1OC(=O)CCCCCCCCCCCCCCCCC/C=C/CCCCCCCC)C(O)/C=C/CCCCCCCCCCCCC. The highest BCUT2D eigenvalue weighted by Crippen LogP contribution is 2.26. The topological polar surface area (TPSA) is 175 Å². The number of carbonyl (C=O) groups excluding carboxylic acids is 2. The number of amides is 1. The van der Waals surface area contributed by atoms with Gasteiger partial charge in [0.1, 0.15) is 24.4 Å². The first-order chi connectivity index (χ1) is 39.7. The van der Waals surface area contributed by atoms with E-state index in [-0.39, 0.29) is 19.4 Å². The smallest absolute Gasteiger partial charge is 0.306 e. The quantitative estimate of drug-likeness (QED) is 0.0149. The molecule has 11 heteroatoms. The number of carbonyl (C=O) groups is 2. The number of hydrogen-bond donors (Lipinski definition) is 6. The molecule has 1 fully saturated rings. The Morgan fingerprint density at radius 1 is 0.494 bits per heavy atom. The van der Waals surface area contributed by atoms with Gasteiger partial charge in [-0.3, -0.25) is 9.59 Å². The lowest BCUT2D eigenvalue weighted by Gasteiger charge is -2.41. The molecule has 0 aromatic carbocycles. The van der Waals surface area contributed by atoms with Crippen LogP contribution in [-0.4, -0.2) is 99.6 Å². The largest absolute Gasteiger partial charge is 0.454 e. The Labute approximate surface area is 497 Å². The molecule has 0 saturated carbocycles. The fourth-order valence-electron chi connectivity index (χ4n) is 10.6. The molecule has 0 radical (unpaired) electrons. The minimum Gasteiger partial charge on any atom is -0.454 e. The molecular weight excluding hydrogens is 1010 g/mol. The molecule has 1 aliphatic rings. The highest BCUT2D eigenvalue weighted by molar-refractivity contribution is 5.80. The van der Waals surface area contributed by atoms with Crippen LogP contribution in [0.15, 0.2) is 60.8 Å². The number of hydrogen-bond acceptors (Lipinski definition) is 10. The molecule has 0 bridgehead atoms. The van der Waals surface area contributed by atoms with Crippen molar-refractivity contribution in [3.63, 3.8) is 0 Å². The summed E-state index contributed by atoms with van der Waals surface area (Å²) in [7, 11) is 0. The summed E-state index contributed by atoms with van der Waals surface area (Å²) in [6, 6.07) is -1.03. The third kappa shape index (κ3) is 45.4. The first kappa shape index (κ1) is 76.4. The van der Waals surface area contributed by atoms with E-state index < -0.39 is 67.4 Å². The van der Waals surface area contributed by atoms with Crippen LogP contribution < -0.4 is 5.32 Å². The van der Waals surface area contributed by atoms with Crippen molar-refractivity contribution in [2.45, 2.75) is 359 Å². The molecule has 8 atom stereocenters. The zero-order valence-corrected chi connectivity index (χ0v) is 52.4. The van der Waals surface area contributed by atoms with Crippen molar-refractivity contribution >= 4 is 11.9 Å². The van der Waals surface area contributed by atoms with E-state index >= 15 is 0 Å². The molecule has 0 aliphatic carbocycles. The second kappa shape index (κ2) is 57.8. The summed E-state index contributed by atoms with van der Waals surface area (Å²) in [6.07, 6.45) is 62.7. The van der Waals surface area contributed by atoms with Gasteiger partial charge in [-0.25, -0.2) is 0 Å². The molecule has 0 spiro atoms. The lowest BCUT2D eigenvalue weighted by atomic mass is 9.99. The molecule has 1 rings (SSSR count). The molecule has 1 saturated heterocycles. The first-order valence-corrected chi connectivity index (χ1v) is 34.1. The minimum absolute atomic E-state index is 0.123. The molecule has 1 amide bonds. The third-order valence-electron chi connectivity index (χ3n) is 16.0. The van der Waals surface area contributed by atoms with E-state index in [1.165, 1.54) is 180 Å². The normalized spacial score (nSPS) is 19.0. The number of rotatable bonds is 58. The van der Waals surface area contributed by atoms with Crippen molar-refractivity contribution in [1.82, 2.24) is 5.32 Å². The van der Waals surface area contributed by atoms with Crippen molar-refractivity contribution < 1.29 is 49.3 Å². The molecule has 81 heavy (non-hydrogen) atoms. The lowest BCUT2D eigenvalue weighted by Crippen LogP contribution is -2.61. The predicted molar refractivity (Wildman–Crippen MR) is 338 cm³/mol. The van der Waals surface area contributed by atoms with Crippen LogP contribution in [0, 0.1) is 0 Å². The lowest BCUT2D eigenvalue weighted by molar-refractivity contribution is -0.305. The maximum atomic E-state index is 13.4. The van der Waals surface area contributed by atoms with Gasteiger partial charge >= 0.3 is 5.97 Å². The van der Waals surface area contributed by atoms with Gasteiger partial charge in [0.15, 0.2) is 12.4 Å². The van der Waals surface area contributed by atoms with Gasteiger partial charge in [-0.05, 0) is 70.6 Å². The van der Waals surface area contributed by atoms with Crippen molar-refractivity contribution in [3.05, 3.63) is 60.8 Å². The number of ether oxygens (including phenoxy) is 3. The number of allylic oxidation sites excluding steroid dienone is 9.